The molecule has 1 aromatic heterocycles. The summed E-state index contributed by atoms with van der Waals surface area (Å²) in [6.45, 7) is 4.13. The van der Waals surface area contributed by atoms with Gasteiger partial charge in [-0.2, -0.15) is 0 Å². The zero-order valence-corrected chi connectivity index (χ0v) is 11.5. The van der Waals surface area contributed by atoms with E-state index in [-0.39, 0.29) is 0 Å². The van der Waals surface area contributed by atoms with E-state index < -0.39 is 0 Å². The first kappa shape index (κ1) is 12.7. The third-order valence-corrected chi connectivity index (χ3v) is 4.19. The Kier molecular flexibility index (Phi) is 3.85. The molecule has 19 heavy (non-hydrogen) atoms. The number of hydrogen-bond donors (Lipinski definition) is 2. The Morgan fingerprint density at radius 1 is 1.05 bits per heavy atom. The van der Waals surface area contributed by atoms with Crippen molar-refractivity contribution in [2.75, 3.05) is 13.1 Å². The number of hydrogen-bond acceptors (Lipinski definition) is 2. The van der Waals surface area contributed by atoms with Crippen molar-refractivity contribution in [2.45, 2.75) is 38.8 Å². The summed E-state index contributed by atoms with van der Waals surface area (Å²) in [4.78, 5) is 5.97. The number of aromatic amines is 1. The molecule has 102 valence electrons. The Morgan fingerprint density at radius 2 is 1.84 bits per heavy atom. The van der Waals surface area contributed by atoms with Gasteiger partial charge in [-0.25, -0.2) is 0 Å². The van der Waals surface area contributed by atoms with E-state index in [1.54, 1.807) is 0 Å². The van der Waals surface area contributed by atoms with Gasteiger partial charge in [-0.15, -0.1) is 0 Å². The van der Waals surface area contributed by atoms with Crippen molar-refractivity contribution in [1.82, 2.24) is 9.88 Å². The highest BCUT2D eigenvalue weighted by Gasteiger charge is 2.13. The molecule has 1 fully saturated rings. The average molecular weight is 257 g/mol. The van der Waals surface area contributed by atoms with E-state index >= 15 is 0 Å². The molecule has 1 saturated heterocycles. The lowest BCUT2D eigenvalue weighted by Crippen LogP contribution is -2.23. The second kappa shape index (κ2) is 5.76. The molecule has 2 aromatic rings. The van der Waals surface area contributed by atoms with Crippen LogP contribution in [0.25, 0.3) is 10.9 Å². The quantitative estimate of drug-likeness (QED) is 0.888. The first-order valence-electron chi connectivity index (χ1n) is 7.39. The molecule has 0 radical (unpaired) electrons. The Morgan fingerprint density at radius 3 is 2.58 bits per heavy atom. The summed E-state index contributed by atoms with van der Waals surface area (Å²) in [6.07, 6.45) is 7.61. The molecule has 2 heterocycles. The van der Waals surface area contributed by atoms with Gasteiger partial charge in [-0.3, -0.25) is 4.90 Å². The van der Waals surface area contributed by atoms with Crippen LogP contribution in [0, 0.1) is 0 Å². The molecule has 0 spiro atoms. The van der Waals surface area contributed by atoms with Crippen LogP contribution >= 0.6 is 0 Å². The van der Waals surface area contributed by atoms with E-state index in [2.05, 4.69) is 34.3 Å². The summed E-state index contributed by atoms with van der Waals surface area (Å²) in [5, 5.41) is 1.34. The Hall–Kier alpha value is -1.32. The maximum absolute atomic E-state index is 5.87. The summed E-state index contributed by atoms with van der Waals surface area (Å²) >= 11 is 0. The van der Waals surface area contributed by atoms with Crippen molar-refractivity contribution in [1.29, 1.82) is 0 Å². The fourth-order valence-electron chi connectivity index (χ4n) is 3.17. The number of nitrogens with zero attached hydrogens (tertiary/aromatic N) is 1. The lowest BCUT2D eigenvalue weighted by Gasteiger charge is -2.19. The van der Waals surface area contributed by atoms with Crippen LogP contribution in [0.2, 0.25) is 0 Å². The molecule has 0 unspecified atom stereocenters. The first-order valence-corrected chi connectivity index (χ1v) is 7.39. The fourth-order valence-corrected chi connectivity index (χ4v) is 3.17. The topological polar surface area (TPSA) is 45.1 Å². The molecule has 1 aromatic carbocycles. The monoisotopic (exact) mass is 257 g/mol. The van der Waals surface area contributed by atoms with E-state index in [1.807, 2.05) is 0 Å². The maximum atomic E-state index is 5.87. The van der Waals surface area contributed by atoms with Crippen molar-refractivity contribution in [3.05, 3.63) is 35.5 Å². The minimum Gasteiger partial charge on any atom is -0.361 e. The average Bonchev–Trinajstić information content (AvgIpc) is 2.68. The fraction of sp³-hybridized carbons (Fsp3) is 0.500. The predicted octanol–water partition coefficient (Wildman–Crippen LogP) is 3.00. The van der Waals surface area contributed by atoms with Crippen LogP contribution < -0.4 is 5.73 Å². The lowest BCUT2D eigenvalue weighted by molar-refractivity contribution is 0.278. The van der Waals surface area contributed by atoms with Gasteiger partial charge in [0, 0.05) is 30.2 Å². The largest absolute Gasteiger partial charge is 0.361 e. The predicted molar refractivity (Wildman–Crippen MR) is 79.9 cm³/mol. The summed E-state index contributed by atoms with van der Waals surface area (Å²) in [5.41, 5.74) is 9.74. The summed E-state index contributed by atoms with van der Waals surface area (Å²) in [5.74, 6) is 0. The van der Waals surface area contributed by atoms with Crippen molar-refractivity contribution in [3.63, 3.8) is 0 Å². The molecule has 0 bridgehead atoms. The third-order valence-electron chi connectivity index (χ3n) is 4.19. The zero-order chi connectivity index (χ0) is 13.1. The number of nitrogens with two attached hydrogens (primary N) is 1. The minimum absolute atomic E-state index is 0.613. The molecule has 0 saturated carbocycles. The van der Waals surface area contributed by atoms with E-state index in [1.165, 1.54) is 60.8 Å². The zero-order valence-electron chi connectivity index (χ0n) is 11.5. The Bertz CT molecular complexity index is 536. The smallest absolute Gasteiger partial charge is 0.0460 e. The van der Waals surface area contributed by atoms with Gasteiger partial charge in [0.25, 0.3) is 0 Å². The second-order valence-electron chi connectivity index (χ2n) is 5.55. The minimum atomic E-state index is 0.613. The van der Waals surface area contributed by atoms with Crippen molar-refractivity contribution < 1.29 is 0 Å². The lowest BCUT2D eigenvalue weighted by atomic mass is 10.1. The molecule has 3 N–H and O–H groups in total. The summed E-state index contributed by atoms with van der Waals surface area (Å²) in [7, 11) is 0. The highest BCUT2D eigenvalue weighted by Crippen LogP contribution is 2.24. The molecule has 1 aliphatic rings. The number of nitrogens with one attached hydrogen (secondary N) is 1. The highest BCUT2D eigenvalue weighted by atomic mass is 15.1. The van der Waals surface area contributed by atoms with Gasteiger partial charge in [0.1, 0.15) is 0 Å². The number of aromatic nitrogens is 1. The van der Waals surface area contributed by atoms with E-state index in [0.29, 0.717) is 6.54 Å². The van der Waals surface area contributed by atoms with Gasteiger partial charge in [-0.1, -0.05) is 25.0 Å². The molecular weight excluding hydrogens is 234 g/mol. The Labute approximate surface area is 114 Å². The molecule has 3 heteroatoms. The third kappa shape index (κ3) is 2.67. The molecule has 0 atom stereocenters. The molecule has 0 aliphatic carbocycles. The number of rotatable bonds is 3. The molecule has 3 rings (SSSR count). The molecule has 0 amide bonds. The van der Waals surface area contributed by atoms with Gasteiger partial charge in [0.2, 0.25) is 0 Å². The standard InChI is InChI=1S/C16H23N3/c17-10-13-6-5-7-15-16(13)14(11-18-15)12-19-8-3-1-2-4-9-19/h5-7,11,18H,1-4,8-10,12,17H2. The van der Waals surface area contributed by atoms with E-state index in [0.717, 1.165) is 6.54 Å². The van der Waals surface area contributed by atoms with Crippen molar-refractivity contribution in [3.8, 4) is 0 Å². The molecular formula is C16H23N3. The number of H-pyrrole nitrogens is 1. The summed E-state index contributed by atoms with van der Waals surface area (Å²) < 4.78 is 0. The van der Waals surface area contributed by atoms with Gasteiger partial charge in [-0.05, 0) is 43.1 Å². The van der Waals surface area contributed by atoms with Crippen LogP contribution in [-0.2, 0) is 13.1 Å². The van der Waals surface area contributed by atoms with Crippen molar-refractivity contribution in [2.24, 2.45) is 5.73 Å². The number of likely N-dealkylation sites (tertiary alicyclic amines) is 1. The maximum Gasteiger partial charge on any atom is 0.0460 e. The van der Waals surface area contributed by atoms with Gasteiger partial charge < -0.3 is 10.7 Å². The van der Waals surface area contributed by atoms with Crippen LogP contribution in [0.5, 0.6) is 0 Å². The highest BCUT2D eigenvalue weighted by molar-refractivity contribution is 5.86. The first-order chi connectivity index (χ1) is 9.38. The molecule has 3 nitrogen and oxygen atoms in total. The normalized spacial score (nSPS) is 17.7. The second-order valence-corrected chi connectivity index (χ2v) is 5.55. The van der Waals surface area contributed by atoms with Crippen LogP contribution in [0.1, 0.15) is 36.8 Å². The Balaban J connectivity index is 1.87. The van der Waals surface area contributed by atoms with Gasteiger partial charge in [0.15, 0.2) is 0 Å². The van der Waals surface area contributed by atoms with E-state index in [9.17, 15) is 0 Å². The van der Waals surface area contributed by atoms with Crippen LogP contribution in [0.4, 0.5) is 0 Å². The SMILES string of the molecule is NCc1cccc2[nH]cc(CN3CCCCCC3)c12. The van der Waals surface area contributed by atoms with E-state index in [4.69, 9.17) is 5.73 Å². The number of benzene rings is 1. The summed E-state index contributed by atoms with van der Waals surface area (Å²) in [6, 6.07) is 6.36. The number of fused-ring (bicyclic) bond motifs is 1. The van der Waals surface area contributed by atoms with Crippen LogP contribution in [0.3, 0.4) is 0 Å². The van der Waals surface area contributed by atoms with Crippen LogP contribution in [-0.4, -0.2) is 23.0 Å². The van der Waals surface area contributed by atoms with Gasteiger partial charge >= 0.3 is 0 Å². The van der Waals surface area contributed by atoms with Gasteiger partial charge in [0.05, 0.1) is 0 Å². The van der Waals surface area contributed by atoms with Crippen LogP contribution in [0.15, 0.2) is 24.4 Å². The van der Waals surface area contributed by atoms with Crippen molar-refractivity contribution >= 4 is 10.9 Å². The molecule has 1 aliphatic heterocycles.